The van der Waals surface area contributed by atoms with E-state index in [1.54, 1.807) is 7.11 Å². The summed E-state index contributed by atoms with van der Waals surface area (Å²) in [6, 6.07) is 5.64. The molecule has 1 saturated heterocycles. The Balaban J connectivity index is 1.47. The second kappa shape index (κ2) is 7.84. The predicted octanol–water partition coefficient (Wildman–Crippen LogP) is 1.92. The number of rotatable bonds is 4. The molecule has 26 heavy (non-hydrogen) atoms. The lowest BCUT2D eigenvalue weighted by molar-refractivity contribution is -0.144. The maximum absolute atomic E-state index is 13.3. The number of carbonyl (C=O) groups is 1. The number of hydrogen-bond donors (Lipinski definition) is 0. The number of ether oxygens (including phenoxy) is 3. The van der Waals surface area contributed by atoms with Crippen molar-refractivity contribution in [1.29, 1.82) is 0 Å². The van der Waals surface area contributed by atoms with Crippen LogP contribution in [0.15, 0.2) is 18.2 Å². The molecule has 0 aromatic heterocycles. The van der Waals surface area contributed by atoms with Crippen molar-refractivity contribution in [1.82, 2.24) is 9.80 Å². The van der Waals surface area contributed by atoms with Crippen LogP contribution in [-0.2, 0) is 16.1 Å². The molecule has 2 heterocycles. The summed E-state index contributed by atoms with van der Waals surface area (Å²) in [5.74, 6) is 2.50. The molecule has 1 aromatic rings. The average Bonchev–Trinajstić information content (AvgIpc) is 2.86. The van der Waals surface area contributed by atoms with E-state index in [-0.39, 0.29) is 11.9 Å². The maximum Gasteiger partial charge on any atom is 0.242 e. The third-order valence-electron chi connectivity index (χ3n) is 5.81. The monoisotopic (exact) mass is 360 g/mol. The Bertz CT molecular complexity index is 647. The molecule has 0 N–H and O–H groups in total. The van der Waals surface area contributed by atoms with Crippen molar-refractivity contribution in [2.75, 3.05) is 46.6 Å². The first-order valence-corrected chi connectivity index (χ1v) is 9.65. The molecule has 0 spiro atoms. The van der Waals surface area contributed by atoms with Crippen LogP contribution >= 0.6 is 0 Å². The third kappa shape index (κ3) is 3.67. The van der Waals surface area contributed by atoms with Crippen molar-refractivity contribution < 1.29 is 19.0 Å². The van der Waals surface area contributed by atoms with Crippen molar-refractivity contribution in [2.45, 2.75) is 31.8 Å². The van der Waals surface area contributed by atoms with E-state index in [2.05, 4.69) is 4.90 Å². The lowest BCUT2D eigenvalue weighted by Gasteiger charge is -2.40. The Kier molecular flexibility index (Phi) is 5.31. The molecular formula is C20H28N2O4. The van der Waals surface area contributed by atoms with Crippen LogP contribution in [0.3, 0.4) is 0 Å². The highest BCUT2D eigenvalue weighted by atomic mass is 16.5. The van der Waals surface area contributed by atoms with Crippen LogP contribution in [0.2, 0.25) is 0 Å². The molecule has 3 aliphatic rings. The van der Waals surface area contributed by atoms with Gasteiger partial charge in [0, 0.05) is 31.3 Å². The fourth-order valence-corrected chi connectivity index (χ4v) is 3.97. The second-order valence-corrected chi connectivity index (χ2v) is 7.46. The van der Waals surface area contributed by atoms with Crippen LogP contribution in [0.1, 0.15) is 24.8 Å². The molecule has 2 fully saturated rings. The second-order valence-electron chi connectivity index (χ2n) is 7.46. The van der Waals surface area contributed by atoms with Crippen LogP contribution in [0, 0.1) is 5.92 Å². The van der Waals surface area contributed by atoms with Gasteiger partial charge < -0.3 is 19.1 Å². The summed E-state index contributed by atoms with van der Waals surface area (Å²) in [7, 11) is 1.65. The summed E-state index contributed by atoms with van der Waals surface area (Å²) in [4.78, 5) is 17.5. The van der Waals surface area contributed by atoms with Crippen molar-refractivity contribution in [3.8, 4) is 11.5 Å². The van der Waals surface area contributed by atoms with Crippen LogP contribution in [0.4, 0.5) is 0 Å². The summed E-state index contributed by atoms with van der Waals surface area (Å²) in [5.41, 5.74) is 1.03. The molecule has 0 radical (unpaired) electrons. The maximum atomic E-state index is 13.3. The minimum absolute atomic E-state index is 0.163. The fraction of sp³-hybridized carbons (Fsp3) is 0.650. The van der Waals surface area contributed by atoms with E-state index in [9.17, 15) is 4.79 Å². The summed E-state index contributed by atoms with van der Waals surface area (Å²) in [5, 5.41) is 0. The number of hydrogen-bond acceptors (Lipinski definition) is 5. The quantitative estimate of drug-likeness (QED) is 0.821. The first-order chi connectivity index (χ1) is 12.7. The Hall–Kier alpha value is -1.79. The van der Waals surface area contributed by atoms with Gasteiger partial charge >= 0.3 is 0 Å². The van der Waals surface area contributed by atoms with Gasteiger partial charge in [-0.2, -0.15) is 0 Å². The van der Waals surface area contributed by atoms with Gasteiger partial charge in [-0.25, -0.2) is 0 Å². The molecule has 1 unspecified atom stereocenters. The zero-order valence-electron chi connectivity index (χ0n) is 15.5. The Morgan fingerprint density at radius 3 is 2.92 bits per heavy atom. The van der Waals surface area contributed by atoms with Gasteiger partial charge in [0.05, 0.1) is 26.9 Å². The molecule has 2 aliphatic heterocycles. The van der Waals surface area contributed by atoms with Gasteiger partial charge in [0.1, 0.15) is 24.1 Å². The summed E-state index contributed by atoms with van der Waals surface area (Å²) in [6.07, 6.45) is 3.92. The number of carbonyl (C=O) groups excluding carboxylic acids is 1. The average molecular weight is 360 g/mol. The molecule has 0 bridgehead atoms. The van der Waals surface area contributed by atoms with E-state index < -0.39 is 0 Å². The summed E-state index contributed by atoms with van der Waals surface area (Å²) < 4.78 is 16.8. The van der Waals surface area contributed by atoms with Crippen molar-refractivity contribution in [2.24, 2.45) is 5.92 Å². The lowest BCUT2D eigenvalue weighted by atomic mass is 9.84. The van der Waals surface area contributed by atoms with Gasteiger partial charge in [-0.05, 0) is 30.9 Å². The largest absolute Gasteiger partial charge is 0.497 e. The van der Waals surface area contributed by atoms with Gasteiger partial charge in [0.25, 0.3) is 0 Å². The first kappa shape index (κ1) is 17.6. The highest BCUT2D eigenvalue weighted by molar-refractivity contribution is 5.82. The molecule has 142 valence electrons. The number of morpholine rings is 1. The molecule has 6 heteroatoms. The van der Waals surface area contributed by atoms with Crippen LogP contribution in [-0.4, -0.2) is 68.3 Å². The number of nitrogens with zero attached hydrogens (tertiary/aromatic N) is 2. The van der Waals surface area contributed by atoms with Crippen molar-refractivity contribution in [3.05, 3.63) is 23.8 Å². The smallest absolute Gasteiger partial charge is 0.242 e. The topological polar surface area (TPSA) is 51.2 Å². The molecule has 4 rings (SSSR count). The number of methoxy groups -OCH3 is 1. The van der Waals surface area contributed by atoms with Gasteiger partial charge in [0.2, 0.25) is 5.91 Å². The van der Waals surface area contributed by atoms with Gasteiger partial charge in [-0.15, -0.1) is 0 Å². The molecule has 6 nitrogen and oxygen atoms in total. The Morgan fingerprint density at radius 2 is 2.15 bits per heavy atom. The predicted molar refractivity (Wildman–Crippen MR) is 97.4 cm³/mol. The highest BCUT2D eigenvalue weighted by Crippen LogP contribution is 2.30. The summed E-state index contributed by atoms with van der Waals surface area (Å²) in [6.45, 7) is 4.78. The molecule has 1 saturated carbocycles. The Morgan fingerprint density at radius 1 is 1.27 bits per heavy atom. The molecule has 1 atom stereocenters. The fourth-order valence-electron chi connectivity index (χ4n) is 3.97. The normalized spacial score (nSPS) is 24.2. The van der Waals surface area contributed by atoms with E-state index in [1.807, 2.05) is 23.1 Å². The number of benzene rings is 1. The van der Waals surface area contributed by atoms with Gasteiger partial charge in [-0.1, -0.05) is 6.42 Å². The van der Waals surface area contributed by atoms with Crippen LogP contribution in [0.25, 0.3) is 0 Å². The van der Waals surface area contributed by atoms with Crippen molar-refractivity contribution >= 4 is 5.91 Å². The van der Waals surface area contributed by atoms with Crippen LogP contribution < -0.4 is 9.47 Å². The summed E-state index contributed by atoms with van der Waals surface area (Å²) >= 11 is 0. The van der Waals surface area contributed by atoms with Gasteiger partial charge in [0.15, 0.2) is 0 Å². The standard InChI is InChI=1S/C20H28N2O4/c1-24-17-6-5-16-13-22(8-10-26-19(16)11-17)20(23)18-14-25-9-7-21(18)12-15-3-2-4-15/h5-6,11,15,18H,2-4,7-10,12-14H2,1H3. The number of fused-ring (bicyclic) bond motifs is 1. The number of amides is 1. The van der Waals surface area contributed by atoms with Crippen LogP contribution in [0.5, 0.6) is 11.5 Å². The van der Waals surface area contributed by atoms with E-state index >= 15 is 0 Å². The van der Waals surface area contributed by atoms with E-state index in [0.717, 1.165) is 42.7 Å². The molecule has 1 aliphatic carbocycles. The van der Waals surface area contributed by atoms with Crippen molar-refractivity contribution in [3.63, 3.8) is 0 Å². The first-order valence-electron chi connectivity index (χ1n) is 9.65. The van der Waals surface area contributed by atoms with E-state index in [1.165, 1.54) is 19.3 Å². The lowest BCUT2D eigenvalue weighted by Crippen LogP contribution is -2.56. The minimum Gasteiger partial charge on any atom is -0.497 e. The minimum atomic E-state index is -0.163. The van der Waals surface area contributed by atoms with E-state index in [0.29, 0.717) is 26.3 Å². The zero-order valence-corrected chi connectivity index (χ0v) is 15.5. The molecule has 1 amide bonds. The Labute approximate surface area is 155 Å². The molecular weight excluding hydrogens is 332 g/mol. The SMILES string of the molecule is COc1ccc2c(c1)OCCN(C(=O)C1COCCN1CC1CCC1)C2. The van der Waals surface area contributed by atoms with Gasteiger partial charge in [-0.3, -0.25) is 9.69 Å². The zero-order chi connectivity index (χ0) is 17.9. The van der Waals surface area contributed by atoms with E-state index in [4.69, 9.17) is 14.2 Å². The highest BCUT2D eigenvalue weighted by Gasteiger charge is 2.35. The third-order valence-corrected chi connectivity index (χ3v) is 5.81. The molecule has 1 aromatic carbocycles.